The summed E-state index contributed by atoms with van der Waals surface area (Å²) in [4.78, 5) is 0. The maximum absolute atomic E-state index is 5.97. The van der Waals surface area contributed by atoms with Crippen molar-refractivity contribution in [3.05, 3.63) is 28.2 Å². The number of hydrogen-bond acceptors (Lipinski definition) is 2. The largest absolute Gasteiger partial charge is 0.488 e. The average molecular weight is 310 g/mol. The molecular formula is C15H20BrNO. The highest BCUT2D eigenvalue weighted by molar-refractivity contribution is 9.10. The van der Waals surface area contributed by atoms with E-state index >= 15 is 0 Å². The van der Waals surface area contributed by atoms with Crippen LogP contribution in [0.5, 0.6) is 5.75 Å². The van der Waals surface area contributed by atoms with Crippen molar-refractivity contribution < 1.29 is 4.74 Å². The molecule has 1 saturated carbocycles. The van der Waals surface area contributed by atoms with Crippen molar-refractivity contribution in [3.63, 3.8) is 0 Å². The van der Waals surface area contributed by atoms with Gasteiger partial charge in [0.2, 0.25) is 0 Å². The van der Waals surface area contributed by atoms with Crippen LogP contribution in [0.15, 0.2) is 22.7 Å². The zero-order valence-corrected chi connectivity index (χ0v) is 12.2. The Morgan fingerprint density at radius 3 is 2.89 bits per heavy atom. The third-order valence-electron chi connectivity index (χ3n) is 4.00. The Bertz CT molecular complexity index is 415. The van der Waals surface area contributed by atoms with Crippen LogP contribution in [0, 0.1) is 0 Å². The Morgan fingerprint density at radius 1 is 1.22 bits per heavy atom. The van der Waals surface area contributed by atoms with E-state index in [0.717, 1.165) is 29.2 Å². The topological polar surface area (TPSA) is 21.3 Å². The second kappa shape index (κ2) is 5.62. The minimum atomic E-state index is 0.316. The van der Waals surface area contributed by atoms with Crippen molar-refractivity contribution in [2.24, 2.45) is 0 Å². The first kappa shape index (κ1) is 12.5. The summed E-state index contributed by atoms with van der Waals surface area (Å²) in [7, 11) is 0. The highest BCUT2D eigenvalue weighted by Crippen LogP contribution is 2.31. The number of ether oxygens (including phenoxy) is 1. The van der Waals surface area contributed by atoms with E-state index in [0.29, 0.717) is 6.10 Å². The molecule has 0 amide bonds. The van der Waals surface area contributed by atoms with Gasteiger partial charge in [-0.25, -0.2) is 0 Å². The first-order valence-corrected chi connectivity index (χ1v) is 7.79. The summed E-state index contributed by atoms with van der Waals surface area (Å²) in [6.45, 7) is 0.983. The molecule has 1 N–H and O–H groups in total. The SMILES string of the molecule is Brc1ccc2c(c1)CC(CNC1CCCCC1)O2. The highest BCUT2D eigenvalue weighted by atomic mass is 79.9. The normalized spacial score (nSPS) is 23.7. The average Bonchev–Trinajstić information content (AvgIpc) is 2.79. The predicted molar refractivity (Wildman–Crippen MR) is 77.1 cm³/mol. The molecule has 1 heterocycles. The van der Waals surface area contributed by atoms with Gasteiger partial charge < -0.3 is 10.1 Å². The van der Waals surface area contributed by atoms with Crippen molar-refractivity contribution in [1.29, 1.82) is 0 Å². The van der Waals surface area contributed by atoms with Gasteiger partial charge in [-0.05, 0) is 36.6 Å². The maximum atomic E-state index is 5.97. The molecule has 1 aromatic carbocycles. The zero-order chi connectivity index (χ0) is 12.4. The lowest BCUT2D eigenvalue weighted by molar-refractivity contribution is 0.214. The summed E-state index contributed by atoms with van der Waals surface area (Å²) in [6, 6.07) is 7.02. The van der Waals surface area contributed by atoms with Gasteiger partial charge in [-0.3, -0.25) is 0 Å². The van der Waals surface area contributed by atoms with Gasteiger partial charge in [0.1, 0.15) is 11.9 Å². The van der Waals surface area contributed by atoms with Crippen LogP contribution in [-0.4, -0.2) is 18.7 Å². The minimum Gasteiger partial charge on any atom is -0.488 e. The van der Waals surface area contributed by atoms with E-state index < -0.39 is 0 Å². The fraction of sp³-hybridized carbons (Fsp3) is 0.600. The molecule has 1 fully saturated rings. The first-order valence-electron chi connectivity index (χ1n) is 7.00. The summed E-state index contributed by atoms with van der Waals surface area (Å²) in [5.41, 5.74) is 1.33. The standard InChI is InChI=1S/C15H20BrNO/c16-12-6-7-15-11(8-12)9-14(18-15)10-17-13-4-2-1-3-5-13/h6-8,13-14,17H,1-5,9-10H2. The minimum absolute atomic E-state index is 0.316. The summed E-state index contributed by atoms with van der Waals surface area (Å²) < 4.78 is 7.11. The summed E-state index contributed by atoms with van der Waals surface area (Å²) in [6.07, 6.45) is 8.21. The van der Waals surface area contributed by atoms with Gasteiger partial charge in [0.25, 0.3) is 0 Å². The number of benzene rings is 1. The van der Waals surface area contributed by atoms with E-state index in [4.69, 9.17) is 4.74 Å². The van der Waals surface area contributed by atoms with E-state index in [2.05, 4.69) is 39.4 Å². The number of hydrogen-bond donors (Lipinski definition) is 1. The molecule has 1 aliphatic heterocycles. The number of fused-ring (bicyclic) bond motifs is 1. The molecule has 0 radical (unpaired) electrons. The number of halogens is 1. The van der Waals surface area contributed by atoms with E-state index in [-0.39, 0.29) is 0 Å². The lowest BCUT2D eigenvalue weighted by atomic mass is 9.95. The van der Waals surface area contributed by atoms with Crippen LogP contribution < -0.4 is 10.1 Å². The van der Waals surface area contributed by atoms with Crippen molar-refractivity contribution >= 4 is 15.9 Å². The molecule has 1 unspecified atom stereocenters. The quantitative estimate of drug-likeness (QED) is 0.919. The molecule has 0 spiro atoms. The van der Waals surface area contributed by atoms with E-state index in [1.807, 2.05) is 0 Å². The molecule has 98 valence electrons. The van der Waals surface area contributed by atoms with Crippen LogP contribution >= 0.6 is 15.9 Å². The van der Waals surface area contributed by atoms with Gasteiger partial charge in [-0.1, -0.05) is 35.2 Å². The molecule has 1 aromatic rings. The van der Waals surface area contributed by atoms with Gasteiger partial charge in [0.05, 0.1) is 0 Å². The lowest BCUT2D eigenvalue weighted by Crippen LogP contribution is -2.38. The van der Waals surface area contributed by atoms with E-state index in [9.17, 15) is 0 Å². The second-order valence-corrected chi connectivity index (χ2v) is 6.35. The molecule has 3 heteroatoms. The molecule has 0 aromatic heterocycles. The third kappa shape index (κ3) is 2.89. The smallest absolute Gasteiger partial charge is 0.123 e. The van der Waals surface area contributed by atoms with Crippen LogP contribution in [-0.2, 0) is 6.42 Å². The van der Waals surface area contributed by atoms with E-state index in [1.165, 1.54) is 37.7 Å². The van der Waals surface area contributed by atoms with Gasteiger partial charge >= 0.3 is 0 Å². The molecule has 2 nitrogen and oxygen atoms in total. The van der Waals surface area contributed by atoms with Crippen LogP contribution in [0.3, 0.4) is 0 Å². The summed E-state index contributed by atoms with van der Waals surface area (Å²) in [5, 5.41) is 3.68. The van der Waals surface area contributed by atoms with Crippen LogP contribution in [0.25, 0.3) is 0 Å². The Kier molecular flexibility index (Phi) is 3.90. The fourth-order valence-electron chi connectivity index (χ4n) is 3.01. The van der Waals surface area contributed by atoms with Crippen LogP contribution in [0.1, 0.15) is 37.7 Å². The molecule has 2 aliphatic rings. The van der Waals surface area contributed by atoms with Crippen LogP contribution in [0.2, 0.25) is 0 Å². The van der Waals surface area contributed by atoms with Crippen molar-refractivity contribution in [3.8, 4) is 5.75 Å². The summed E-state index contributed by atoms with van der Waals surface area (Å²) in [5.74, 6) is 1.06. The predicted octanol–water partition coefficient (Wildman–Crippen LogP) is 3.67. The monoisotopic (exact) mass is 309 g/mol. The summed E-state index contributed by atoms with van der Waals surface area (Å²) >= 11 is 3.52. The molecule has 1 aliphatic carbocycles. The number of rotatable bonds is 3. The third-order valence-corrected chi connectivity index (χ3v) is 4.50. The van der Waals surface area contributed by atoms with Gasteiger partial charge in [-0.15, -0.1) is 0 Å². The second-order valence-electron chi connectivity index (χ2n) is 5.44. The molecule has 1 atom stereocenters. The molecule has 0 bridgehead atoms. The first-order chi connectivity index (χ1) is 8.81. The molecule has 3 rings (SSSR count). The number of nitrogens with one attached hydrogen (secondary N) is 1. The Hall–Kier alpha value is -0.540. The van der Waals surface area contributed by atoms with E-state index in [1.54, 1.807) is 0 Å². The highest BCUT2D eigenvalue weighted by Gasteiger charge is 2.24. The van der Waals surface area contributed by atoms with Crippen molar-refractivity contribution in [1.82, 2.24) is 5.32 Å². The molecule has 18 heavy (non-hydrogen) atoms. The Balaban J connectivity index is 1.51. The fourth-order valence-corrected chi connectivity index (χ4v) is 3.42. The van der Waals surface area contributed by atoms with Crippen molar-refractivity contribution in [2.75, 3.05) is 6.54 Å². The van der Waals surface area contributed by atoms with Crippen molar-refractivity contribution in [2.45, 2.75) is 50.7 Å². The van der Waals surface area contributed by atoms with Gasteiger partial charge in [0, 0.05) is 23.5 Å². The maximum Gasteiger partial charge on any atom is 0.123 e. The Morgan fingerprint density at radius 2 is 2.06 bits per heavy atom. The molecule has 0 saturated heterocycles. The lowest BCUT2D eigenvalue weighted by Gasteiger charge is -2.24. The van der Waals surface area contributed by atoms with Gasteiger partial charge in [0.15, 0.2) is 0 Å². The van der Waals surface area contributed by atoms with Crippen LogP contribution in [0.4, 0.5) is 0 Å². The van der Waals surface area contributed by atoms with Gasteiger partial charge in [-0.2, -0.15) is 0 Å². The Labute approximate surface area is 117 Å². The molecular weight excluding hydrogens is 290 g/mol. The zero-order valence-electron chi connectivity index (χ0n) is 10.6.